The quantitative estimate of drug-likeness (QED) is 0.422. The van der Waals surface area contributed by atoms with E-state index in [-0.39, 0.29) is 17.9 Å². The number of rotatable bonds is 5. The summed E-state index contributed by atoms with van der Waals surface area (Å²) in [5, 5.41) is 11.8. The van der Waals surface area contributed by atoms with Gasteiger partial charge in [-0.25, -0.2) is 0 Å². The van der Waals surface area contributed by atoms with Crippen LogP contribution >= 0.6 is 11.6 Å². The van der Waals surface area contributed by atoms with E-state index in [1.807, 2.05) is 0 Å². The smallest absolute Gasteiger partial charge is 0.290 e. The van der Waals surface area contributed by atoms with Crippen LogP contribution in [0.1, 0.15) is 33.9 Å². The summed E-state index contributed by atoms with van der Waals surface area (Å²) in [4.78, 5) is 27.7. The number of aryl methyl sites for hydroxylation is 1. The monoisotopic (exact) mass is 437 g/mol. The van der Waals surface area contributed by atoms with E-state index in [0.29, 0.717) is 33.3 Å². The maximum Gasteiger partial charge on any atom is 0.290 e. The lowest BCUT2D eigenvalue weighted by atomic mass is 9.99. The molecule has 0 saturated heterocycles. The second-order valence-corrected chi connectivity index (χ2v) is 7.68. The summed E-state index contributed by atoms with van der Waals surface area (Å²) in [5.41, 5.74) is 0.353. The number of furan rings is 3. The predicted molar refractivity (Wildman–Crippen MR) is 111 cm³/mol. The Labute approximate surface area is 181 Å². The predicted octanol–water partition coefficient (Wildman–Crippen LogP) is 5.36. The molecule has 1 unspecified atom stereocenters. The third-order valence-corrected chi connectivity index (χ3v) is 5.42. The molecule has 1 N–H and O–H groups in total. The number of carbonyl (C=O) groups is 2. The van der Waals surface area contributed by atoms with Gasteiger partial charge in [0, 0.05) is 10.4 Å². The fraction of sp³-hybridized carbons (Fsp3) is 0.130. The Hall–Kier alpha value is -3.71. The minimum atomic E-state index is -0.935. The molecule has 1 amide bonds. The zero-order valence-corrected chi connectivity index (χ0v) is 17.1. The molecule has 1 atom stereocenters. The minimum absolute atomic E-state index is 0.0141. The summed E-state index contributed by atoms with van der Waals surface area (Å²) in [6, 6.07) is 12.4. The van der Waals surface area contributed by atoms with Crippen LogP contribution in [0.5, 0.6) is 0 Å². The molecule has 156 valence electrons. The Bertz CT molecular complexity index is 1340. The van der Waals surface area contributed by atoms with Gasteiger partial charge in [0.05, 0.1) is 18.4 Å². The highest BCUT2D eigenvalue weighted by Gasteiger charge is 2.46. The van der Waals surface area contributed by atoms with Crippen molar-refractivity contribution in [3.8, 4) is 0 Å². The van der Waals surface area contributed by atoms with Gasteiger partial charge in [0.25, 0.3) is 5.91 Å². The van der Waals surface area contributed by atoms with Crippen molar-refractivity contribution in [2.24, 2.45) is 0 Å². The van der Waals surface area contributed by atoms with Crippen LogP contribution < -0.4 is 0 Å². The van der Waals surface area contributed by atoms with Gasteiger partial charge >= 0.3 is 0 Å². The van der Waals surface area contributed by atoms with Crippen LogP contribution in [-0.4, -0.2) is 21.7 Å². The maximum atomic E-state index is 13.4. The molecule has 1 aliphatic heterocycles. The number of hydrogen-bond acceptors (Lipinski definition) is 6. The van der Waals surface area contributed by atoms with E-state index in [0.717, 1.165) is 0 Å². The van der Waals surface area contributed by atoms with E-state index in [2.05, 4.69) is 0 Å². The molecule has 0 aliphatic carbocycles. The molecule has 0 bridgehead atoms. The summed E-state index contributed by atoms with van der Waals surface area (Å²) < 4.78 is 16.8. The first kappa shape index (κ1) is 19.3. The fourth-order valence-electron chi connectivity index (χ4n) is 3.77. The highest BCUT2D eigenvalue weighted by molar-refractivity contribution is 6.31. The second-order valence-electron chi connectivity index (χ2n) is 7.25. The van der Waals surface area contributed by atoms with Gasteiger partial charge in [-0.15, -0.1) is 0 Å². The Balaban J connectivity index is 1.59. The first-order chi connectivity index (χ1) is 14.9. The summed E-state index contributed by atoms with van der Waals surface area (Å²) in [6.45, 7) is 1.80. The number of hydrogen-bond donors (Lipinski definition) is 1. The molecule has 8 heteroatoms. The molecule has 4 heterocycles. The highest BCUT2D eigenvalue weighted by atomic mass is 35.5. The largest absolute Gasteiger partial charge is 0.503 e. The van der Waals surface area contributed by atoms with Gasteiger partial charge in [-0.1, -0.05) is 11.6 Å². The number of amides is 1. The van der Waals surface area contributed by atoms with E-state index < -0.39 is 23.5 Å². The van der Waals surface area contributed by atoms with E-state index in [4.69, 9.17) is 24.9 Å². The standard InChI is InChI=1S/C23H16ClNO6/c1-12-4-6-17(30-12)20-19(22(27)23(28)25(20)11-15-3-2-8-29-15)21(26)18-10-13-9-14(24)5-7-16(13)31-18/h2-10,20,27H,11H2,1H3. The second kappa shape index (κ2) is 7.21. The van der Waals surface area contributed by atoms with Crippen molar-refractivity contribution in [1.29, 1.82) is 0 Å². The third-order valence-electron chi connectivity index (χ3n) is 5.19. The van der Waals surface area contributed by atoms with Gasteiger partial charge in [0.2, 0.25) is 5.78 Å². The van der Waals surface area contributed by atoms with E-state index in [1.54, 1.807) is 49.4 Å². The van der Waals surface area contributed by atoms with Gasteiger partial charge in [-0.2, -0.15) is 0 Å². The minimum Gasteiger partial charge on any atom is -0.503 e. The van der Waals surface area contributed by atoms with Crippen molar-refractivity contribution in [2.45, 2.75) is 19.5 Å². The molecule has 3 aromatic heterocycles. The number of ketones is 1. The molecule has 4 aromatic rings. The number of benzene rings is 1. The van der Waals surface area contributed by atoms with E-state index >= 15 is 0 Å². The molecule has 31 heavy (non-hydrogen) atoms. The average Bonchev–Trinajstić information content (AvgIpc) is 3.52. The van der Waals surface area contributed by atoms with Gasteiger partial charge < -0.3 is 23.3 Å². The molecular weight excluding hydrogens is 422 g/mol. The maximum absolute atomic E-state index is 13.4. The van der Waals surface area contributed by atoms with Crippen LogP contribution in [0.4, 0.5) is 0 Å². The normalized spacial score (nSPS) is 16.6. The zero-order valence-electron chi connectivity index (χ0n) is 16.3. The summed E-state index contributed by atoms with van der Waals surface area (Å²) >= 11 is 6.02. The van der Waals surface area contributed by atoms with Crippen molar-refractivity contribution in [2.75, 3.05) is 0 Å². The Kier molecular flexibility index (Phi) is 4.48. The number of Topliss-reactive ketones (excluding diaryl/α,β-unsaturated/α-hetero) is 1. The van der Waals surface area contributed by atoms with Crippen molar-refractivity contribution < 1.29 is 27.9 Å². The SMILES string of the molecule is Cc1ccc(C2C(C(=O)c3cc4cc(Cl)ccc4o3)=C(O)C(=O)N2Cc2ccco2)o1. The lowest BCUT2D eigenvalue weighted by molar-refractivity contribution is -0.130. The van der Waals surface area contributed by atoms with Crippen LogP contribution in [0.25, 0.3) is 11.0 Å². The lowest BCUT2D eigenvalue weighted by Gasteiger charge is -2.23. The van der Waals surface area contributed by atoms with Crippen molar-refractivity contribution in [3.05, 3.63) is 94.2 Å². The summed E-state index contributed by atoms with van der Waals surface area (Å²) in [5.74, 6) is -0.506. The van der Waals surface area contributed by atoms with Crippen LogP contribution in [0, 0.1) is 6.92 Å². The Morgan fingerprint density at radius 1 is 1.16 bits per heavy atom. The molecular formula is C23H16ClNO6. The number of aliphatic hydroxyl groups excluding tert-OH is 1. The number of halogens is 1. The number of carbonyl (C=O) groups excluding carboxylic acids is 2. The first-order valence-electron chi connectivity index (χ1n) is 9.49. The van der Waals surface area contributed by atoms with Gasteiger partial charge in [-0.05, 0) is 55.5 Å². The number of aliphatic hydroxyl groups is 1. The highest BCUT2D eigenvalue weighted by Crippen LogP contribution is 2.41. The average molecular weight is 438 g/mol. The topological polar surface area (TPSA) is 97.0 Å². The first-order valence-corrected chi connectivity index (χ1v) is 9.87. The fourth-order valence-corrected chi connectivity index (χ4v) is 3.95. The third kappa shape index (κ3) is 3.23. The van der Waals surface area contributed by atoms with Crippen LogP contribution in [0.15, 0.2) is 79.4 Å². The molecule has 1 aliphatic rings. The van der Waals surface area contributed by atoms with Crippen LogP contribution in [0.3, 0.4) is 0 Å². The Morgan fingerprint density at radius 2 is 2.00 bits per heavy atom. The van der Waals surface area contributed by atoms with Gasteiger partial charge in [-0.3, -0.25) is 9.59 Å². The van der Waals surface area contributed by atoms with Gasteiger partial charge in [0.15, 0.2) is 11.5 Å². The van der Waals surface area contributed by atoms with Crippen LogP contribution in [-0.2, 0) is 11.3 Å². The number of nitrogens with zero attached hydrogens (tertiary/aromatic N) is 1. The zero-order chi connectivity index (χ0) is 21.7. The molecule has 0 fully saturated rings. The van der Waals surface area contributed by atoms with E-state index in [9.17, 15) is 14.7 Å². The lowest BCUT2D eigenvalue weighted by Crippen LogP contribution is -2.30. The van der Waals surface area contributed by atoms with Crippen molar-refractivity contribution in [3.63, 3.8) is 0 Å². The molecule has 5 rings (SSSR count). The van der Waals surface area contributed by atoms with Crippen LogP contribution in [0.2, 0.25) is 5.02 Å². The molecule has 7 nitrogen and oxygen atoms in total. The molecule has 0 radical (unpaired) electrons. The molecule has 0 spiro atoms. The van der Waals surface area contributed by atoms with Gasteiger partial charge in [0.1, 0.15) is 28.9 Å². The summed E-state index contributed by atoms with van der Waals surface area (Å²) in [6.07, 6.45) is 1.49. The van der Waals surface area contributed by atoms with Crippen molar-refractivity contribution >= 4 is 34.3 Å². The molecule has 0 saturated carbocycles. The van der Waals surface area contributed by atoms with Crippen molar-refractivity contribution in [1.82, 2.24) is 4.90 Å². The number of fused-ring (bicyclic) bond motifs is 1. The Morgan fingerprint density at radius 3 is 2.71 bits per heavy atom. The molecule has 1 aromatic carbocycles. The van der Waals surface area contributed by atoms with E-state index in [1.165, 1.54) is 17.2 Å². The summed E-state index contributed by atoms with van der Waals surface area (Å²) in [7, 11) is 0.